The van der Waals surface area contributed by atoms with Gasteiger partial charge in [-0.15, -0.1) is 22.1 Å². The van der Waals surface area contributed by atoms with Gasteiger partial charge in [-0.1, -0.05) is 143 Å². The summed E-state index contributed by atoms with van der Waals surface area (Å²) >= 11 is 0. The number of aryl methyl sites for hydroxylation is 3. The van der Waals surface area contributed by atoms with Gasteiger partial charge in [-0.3, -0.25) is 0 Å². The van der Waals surface area contributed by atoms with Gasteiger partial charge in [0.15, 0.2) is 0 Å². The number of benzene rings is 4. The van der Waals surface area contributed by atoms with E-state index in [1.807, 2.05) is 24.3 Å². The maximum absolute atomic E-state index is 9.06. The molecule has 0 spiro atoms. The average molecular weight is 761 g/mol. The topological polar surface area (TPSA) is 103 Å². The van der Waals surface area contributed by atoms with Gasteiger partial charge in [-0.2, -0.15) is 0 Å². The molecule has 2 aliphatic heterocycles. The number of hydrogen-bond donors (Lipinski definition) is 0. The van der Waals surface area contributed by atoms with Crippen LogP contribution in [0.3, 0.4) is 0 Å². The maximum atomic E-state index is 9.06. The van der Waals surface area contributed by atoms with Gasteiger partial charge in [0.1, 0.15) is 0 Å². The minimum atomic E-state index is 0. The van der Waals surface area contributed by atoms with Gasteiger partial charge < -0.3 is 9.97 Å². The van der Waals surface area contributed by atoms with E-state index in [-0.39, 0.29) is 19.5 Å². The van der Waals surface area contributed by atoms with Gasteiger partial charge in [0, 0.05) is 10.6 Å². The van der Waals surface area contributed by atoms with Crippen LogP contribution in [0.4, 0.5) is 5.69 Å². The number of rotatable bonds is 5. The molecule has 4 aromatic carbocycles. The van der Waals surface area contributed by atoms with E-state index in [9.17, 15) is 0 Å². The number of nitrogens with zero attached hydrogens (tertiary/aromatic N) is 7. The summed E-state index contributed by atoms with van der Waals surface area (Å²) in [5.41, 5.74) is 27.2. The number of hydrogen-bond acceptors (Lipinski definition) is 3. The van der Waals surface area contributed by atoms with Crippen LogP contribution in [0.5, 0.6) is 0 Å². The Morgan fingerprint density at radius 2 is 0.691 bits per heavy atom. The molecular weight excluding hydrogens is 728 g/mol. The second-order valence-corrected chi connectivity index (χ2v) is 13.7. The summed E-state index contributed by atoms with van der Waals surface area (Å²) in [5.74, 6) is 0. The molecule has 0 radical (unpaired) electrons. The second-order valence-electron chi connectivity index (χ2n) is 13.7. The van der Waals surface area contributed by atoms with Crippen LogP contribution in [-0.2, 0) is 19.5 Å². The van der Waals surface area contributed by atoms with Crippen molar-refractivity contribution in [1.82, 2.24) is 19.9 Å². The fourth-order valence-electron chi connectivity index (χ4n) is 7.18. The van der Waals surface area contributed by atoms with Crippen LogP contribution in [0.15, 0.2) is 126 Å². The minimum Gasteiger partial charge on any atom is -0.657 e. The summed E-state index contributed by atoms with van der Waals surface area (Å²) in [7, 11) is 0. The maximum Gasteiger partial charge on any atom is 2.00 e. The standard InChI is InChI=1S/C47H33N7.Zn/c1-28-4-10-31(11-5-28)44-36-20-22-38(49-36)45(32-12-6-29(2)7-13-32)40-24-26-42(51-40)47(34-16-18-35(19-17-34)53-54-48)43-27-25-41(52-43)46(39-23-21-37(44)50-39)33-14-8-30(3)9-15-33;/h4-27H,1-3H3;/q-2;+2. The third kappa shape index (κ3) is 6.74. The summed E-state index contributed by atoms with van der Waals surface area (Å²) in [6.07, 6.45) is 8.29. The Bertz CT molecular complexity index is 2830. The summed E-state index contributed by atoms with van der Waals surface area (Å²) in [6, 6.07) is 41.4. The number of azide groups is 1. The quantitative estimate of drug-likeness (QED) is 0.0754. The van der Waals surface area contributed by atoms with E-state index >= 15 is 0 Å². The molecular formula is C47H33N7Zn. The largest absolute Gasteiger partial charge is 2.00 e. The monoisotopic (exact) mass is 759 g/mol. The first-order valence-corrected chi connectivity index (χ1v) is 17.8. The van der Waals surface area contributed by atoms with Crippen LogP contribution in [0.25, 0.3) is 101 Å². The number of fused-ring (bicyclic) bond motifs is 8. The summed E-state index contributed by atoms with van der Waals surface area (Å²) in [4.78, 5) is 24.3. The third-order valence-corrected chi connectivity index (χ3v) is 9.95. The van der Waals surface area contributed by atoms with Crippen LogP contribution < -0.4 is 9.97 Å². The fourth-order valence-corrected chi connectivity index (χ4v) is 7.18. The first-order chi connectivity index (χ1) is 26.4. The van der Waals surface area contributed by atoms with E-state index in [4.69, 9.17) is 25.5 Å². The van der Waals surface area contributed by atoms with Crippen molar-refractivity contribution in [2.75, 3.05) is 0 Å². The molecule has 8 bridgehead atoms. The molecule has 7 aromatic rings. The smallest absolute Gasteiger partial charge is 0.657 e. The second kappa shape index (κ2) is 14.7. The van der Waals surface area contributed by atoms with Gasteiger partial charge in [0.25, 0.3) is 0 Å². The molecule has 9 rings (SSSR count). The molecule has 7 nitrogen and oxygen atoms in total. The zero-order valence-electron chi connectivity index (χ0n) is 30.7. The Morgan fingerprint density at radius 3 is 0.964 bits per heavy atom. The van der Waals surface area contributed by atoms with Crippen LogP contribution in [0.1, 0.15) is 39.5 Å². The van der Waals surface area contributed by atoms with E-state index < -0.39 is 0 Å². The average Bonchev–Trinajstić information content (AvgIpc) is 4.02. The molecule has 0 unspecified atom stereocenters. The van der Waals surface area contributed by atoms with Crippen LogP contribution in [-0.4, -0.2) is 9.97 Å². The van der Waals surface area contributed by atoms with Crippen LogP contribution in [0, 0.1) is 20.8 Å². The summed E-state index contributed by atoms with van der Waals surface area (Å²) in [6.45, 7) is 6.28. The zero-order chi connectivity index (χ0) is 36.8. The molecule has 0 fully saturated rings. The van der Waals surface area contributed by atoms with E-state index in [0.29, 0.717) is 5.69 Å². The molecule has 258 valence electrons. The minimum absolute atomic E-state index is 0. The van der Waals surface area contributed by atoms with E-state index in [1.54, 1.807) is 0 Å². The van der Waals surface area contributed by atoms with Crippen LogP contribution >= 0.6 is 0 Å². The summed E-state index contributed by atoms with van der Waals surface area (Å²) in [5, 5.41) is 3.80. The van der Waals surface area contributed by atoms with Crippen molar-refractivity contribution in [2.24, 2.45) is 5.11 Å². The van der Waals surface area contributed by atoms with Crippen molar-refractivity contribution >= 4 is 52.1 Å². The van der Waals surface area contributed by atoms with Crippen molar-refractivity contribution in [3.05, 3.63) is 171 Å². The first kappa shape index (κ1) is 35.4. The molecule has 55 heavy (non-hydrogen) atoms. The predicted octanol–water partition coefficient (Wildman–Crippen LogP) is 12.4. The van der Waals surface area contributed by atoms with Crippen molar-refractivity contribution in [1.29, 1.82) is 0 Å². The van der Waals surface area contributed by atoms with Gasteiger partial charge in [-0.25, -0.2) is 9.97 Å². The zero-order valence-corrected chi connectivity index (χ0v) is 33.7. The van der Waals surface area contributed by atoms with Crippen LogP contribution in [0.2, 0.25) is 0 Å². The third-order valence-electron chi connectivity index (χ3n) is 9.95. The predicted molar refractivity (Wildman–Crippen MR) is 222 cm³/mol. The Hall–Kier alpha value is -6.59. The Morgan fingerprint density at radius 1 is 0.418 bits per heavy atom. The van der Waals surface area contributed by atoms with Gasteiger partial charge >= 0.3 is 19.5 Å². The van der Waals surface area contributed by atoms with Crippen molar-refractivity contribution in [2.45, 2.75) is 20.8 Å². The first-order valence-electron chi connectivity index (χ1n) is 17.8. The van der Waals surface area contributed by atoms with Gasteiger partial charge in [0.2, 0.25) is 0 Å². The molecule has 2 aliphatic rings. The SMILES string of the molecule is Cc1ccc(-c2c3nc(c(-c4ccc(C)cc4)c4ccc([n-]4)c(-c4ccc(N=[N+]=[N-])cc4)c4nc(c(-c5ccc(C)cc5)c5ccc2[n-]5)C=C4)C=C3)cc1.[Zn+2]. The molecule has 3 aromatic heterocycles. The van der Waals surface area contributed by atoms with Crippen molar-refractivity contribution in [3.63, 3.8) is 0 Å². The Kier molecular flexibility index (Phi) is 9.46. The molecule has 0 aliphatic carbocycles. The number of aromatic nitrogens is 4. The van der Waals surface area contributed by atoms with E-state index in [1.165, 1.54) is 16.7 Å². The van der Waals surface area contributed by atoms with E-state index in [0.717, 1.165) is 89.4 Å². The Balaban J connectivity index is 0.00000427. The van der Waals surface area contributed by atoms with Gasteiger partial charge in [0.05, 0.1) is 22.8 Å². The molecule has 5 heterocycles. The van der Waals surface area contributed by atoms with E-state index in [2.05, 4.69) is 152 Å². The molecule has 0 saturated heterocycles. The molecule has 0 atom stereocenters. The molecule has 0 saturated carbocycles. The normalized spacial score (nSPS) is 11.6. The Labute approximate surface area is 331 Å². The molecule has 8 heteroatoms. The molecule has 0 N–H and O–H groups in total. The summed E-state index contributed by atoms with van der Waals surface area (Å²) < 4.78 is 0. The van der Waals surface area contributed by atoms with Crippen molar-refractivity contribution in [3.8, 4) is 44.5 Å². The van der Waals surface area contributed by atoms with Gasteiger partial charge in [-0.05, 0) is 95.1 Å². The molecule has 0 amide bonds. The fraction of sp³-hybridized carbons (Fsp3) is 0.0638. The van der Waals surface area contributed by atoms with Crippen molar-refractivity contribution < 1.29 is 19.5 Å².